The van der Waals surface area contributed by atoms with Crippen LogP contribution in [0.25, 0.3) is 0 Å². The Morgan fingerprint density at radius 1 is 1.56 bits per heavy atom. The monoisotopic (exact) mass is 127 g/mol. The minimum atomic E-state index is 0.0139. The second-order valence-electron chi connectivity index (χ2n) is 3.03. The summed E-state index contributed by atoms with van der Waals surface area (Å²) in [4.78, 5) is 0. The van der Waals surface area contributed by atoms with Gasteiger partial charge in [0, 0.05) is 10.5 Å². The summed E-state index contributed by atoms with van der Waals surface area (Å²) in [6, 6.07) is 0. The van der Waals surface area contributed by atoms with Gasteiger partial charge in [-0.15, -0.1) is 0 Å². The number of H-pyrrole nitrogens is 1. The van der Waals surface area contributed by atoms with Gasteiger partial charge in [0.1, 0.15) is 0 Å². The molecule has 0 radical (unpaired) electrons. The first-order valence-corrected chi connectivity index (χ1v) is 2.93. The van der Waals surface area contributed by atoms with Crippen molar-refractivity contribution in [2.45, 2.75) is 26.2 Å². The van der Waals surface area contributed by atoms with Crippen molar-refractivity contribution in [3.8, 4) is 0 Å². The lowest BCUT2D eigenvalue weighted by Crippen LogP contribution is -2.14. The van der Waals surface area contributed by atoms with Crippen molar-refractivity contribution in [3.05, 3.63) is 12.3 Å². The van der Waals surface area contributed by atoms with E-state index in [1.807, 2.05) is 20.8 Å². The third-order valence-electron chi connectivity index (χ3n) is 1.03. The predicted octanol–water partition coefficient (Wildman–Crippen LogP) is 0.786. The highest BCUT2D eigenvalue weighted by Crippen LogP contribution is 2.17. The highest BCUT2D eigenvalue weighted by atomic mass is 16.4. The van der Waals surface area contributed by atoms with E-state index in [9.17, 15) is 0 Å². The molecule has 0 amide bonds. The van der Waals surface area contributed by atoms with E-state index in [0.29, 0.717) is 0 Å². The summed E-state index contributed by atoms with van der Waals surface area (Å²) in [5.74, 6) is 0.738. The van der Waals surface area contributed by atoms with Crippen LogP contribution in [0, 0.1) is 0 Å². The fourth-order valence-electron chi connectivity index (χ4n) is 0.538. The third-order valence-corrected chi connectivity index (χ3v) is 1.03. The molecule has 0 aliphatic rings. The molecule has 0 aromatic carbocycles. The van der Waals surface area contributed by atoms with Crippen molar-refractivity contribution < 1.29 is 9.52 Å². The summed E-state index contributed by atoms with van der Waals surface area (Å²) in [7, 11) is 0. The molecular weight excluding hydrogens is 116 g/mol. The van der Waals surface area contributed by atoms with Gasteiger partial charge in [0.15, 0.2) is 0 Å². The second-order valence-corrected chi connectivity index (χ2v) is 3.03. The summed E-state index contributed by atoms with van der Waals surface area (Å²) in [6.07, 6.45) is 1.47. The molecule has 0 aliphatic carbocycles. The molecule has 0 saturated carbocycles. The van der Waals surface area contributed by atoms with Gasteiger partial charge < -0.3 is 4.42 Å². The number of nitrogens with zero attached hydrogens (tertiary/aromatic N) is 1. The Balaban J connectivity index is 2.90. The second kappa shape index (κ2) is 1.83. The molecule has 0 spiro atoms. The summed E-state index contributed by atoms with van der Waals surface area (Å²) in [5.41, 5.74) is 0.0139. The molecule has 0 bridgehead atoms. The van der Waals surface area contributed by atoms with Crippen LogP contribution < -0.4 is 5.10 Å². The van der Waals surface area contributed by atoms with Gasteiger partial charge in [-0.1, -0.05) is 25.9 Å². The Bertz CT molecular complexity index is 173. The highest BCUT2D eigenvalue weighted by Gasteiger charge is 2.21. The molecule has 1 aromatic rings. The molecule has 1 rings (SSSR count). The molecule has 50 valence electrons. The van der Waals surface area contributed by atoms with E-state index in [2.05, 4.69) is 10.2 Å². The number of rotatable bonds is 0. The number of nitrogens with one attached hydrogen (secondary N) is 1. The number of hydrogen-bond acceptors (Lipinski definition) is 2. The van der Waals surface area contributed by atoms with Crippen molar-refractivity contribution >= 4 is 0 Å². The standard InChI is InChI=1S/C6H10N2O/c1-6(2,3)5-8-7-4-9-5/h4H,1-3H3/p+1. The number of aromatic amines is 1. The Hall–Kier alpha value is -0.860. The molecule has 0 aliphatic heterocycles. The van der Waals surface area contributed by atoms with Crippen LogP contribution in [0.15, 0.2) is 10.8 Å². The maximum absolute atomic E-state index is 5.03. The van der Waals surface area contributed by atoms with Gasteiger partial charge in [-0.05, 0) is 0 Å². The number of aromatic nitrogens is 2. The van der Waals surface area contributed by atoms with Crippen LogP contribution in [0.2, 0.25) is 0 Å². The van der Waals surface area contributed by atoms with E-state index in [0.717, 1.165) is 5.89 Å². The highest BCUT2D eigenvalue weighted by molar-refractivity contribution is 4.91. The minimum Gasteiger partial charge on any atom is -0.387 e. The van der Waals surface area contributed by atoms with Crippen molar-refractivity contribution in [3.63, 3.8) is 0 Å². The van der Waals surface area contributed by atoms with E-state index in [1.54, 1.807) is 0 Å². The molecule has 0 atom stereocenters. The van der Waals surface area contributed by atoms with Crippen molar-refractivity contribution in [2.75, 3.05) is 0 Å². The molecule has 0 fully saturated rings. The molecule has 3 nitrogen and oxygen atoms in total. The zero-order valence-corrected chi connectivity index (χ0v) is 5.93. The quantitative estimate of drug-likeness (QED) is 0.516. The summed E-state index contributed by atoms with van der Waals surface area (Å²) in [5, 5.41) is 6.52. The Labute approximate surface area is 54.1 Å². The van der Waals surface area contributed by atoms with Crippen LogP contribution in [-0.4, -0.2) is 5.10 Å². The van der Waals surface area contributed by atoms with E-state index >= 15 is 0 Å². The first-order valence-electron chi connectivity index (χ1n) is 2.93. The first-order chi connectivity index (χ1) is 4.11. The van der Waals surface area contributed by atoms with E-state index in [1.165, 1.54) is 6.39 Å². The zero-order valence-electron chi connectivity index (χ0n) is 5.93. The minimum absolute atomic E-state index is 0.0139. The fourth-order valence-corrected chi connectivity index (χ4v) is 0.538. The average Bonchev–Trinajstić information content (AvgIpc) is 2.08. The van der Waals surface area contributed by atoms with Crippen LogP contribution in [-0.2, 0) is 5.41 Å². The van der Waals surface area contributed by atoms with E-state index < -0.39 is 0 Å². The third kappa shape index (κ3) is 1.28. The van der Waals surface area contributed by atoms with Gasteiger partial charge in [0.25, 0.3) is 5.89 Å². The van der Waals surface area contributed by atoms with Gasteiger partial charge in [0.2, 0.25) is 0 Å². The normalized spacial score (nSPS) is 11.9. The maximum atomic E-state index is 5.03. The largest absolute Gasteiger partial charge is 0.387 e. The van der Waals surface area contributed by atoms with Crippen LogP contribution >= 0.6 is 0 Å². The fraction of sp³-hybridized carbons (Fsp3) is 0.667. The Kier molecular flexibility index (Phi) is 1.27. The Morgan fingerprint density at radius 3 is 2.44 bits per heavy atom. The maximum Gasteiger partial charge on any atom is 0.359 e. The van der Waals surface area contributed by atoms with Crippen LogP contribution in [0.4, 0.5) is 0 Å². The molecule has 1 heterocycles. The lowest BCUT2D eigenvalue weighted by Gasteiger charge is -2.08. The molecule has 0 unspecified atom stereocenters. The average molecular weight is 127 g/mol. The van der Waals surface area contributed by atoms with Gasteiger partial charge in [-0.25, -0.2) is 0 Å². The van der Waals surface area contributed by atoms with Gasteiger partial charge in [-0.3, -0.25) is 0 Å². The van der Waals surface area contributed by atoms with Crippen molar-refractivity contribution in [2.24, 2.45) is 0 Å². The predicted molar refractivity (Wildman–Crippen MR) is 31.8 cm³/mol. The first kappa shape index (κ1) is 6.26. The van der Waals surface area contributed by atoms with Crippen LogP contribution in [0.1, 0.15) is 26.7 Å². The molecular formula is C6H11N2O+. The lowest BCUT2D eigenvalue weighted by molar-refractivity contribution is -0.456. The smallest absolute Gasteiger partial charge is 0.359 e. The van der Waals surface area contributed by atoms with Gasteiger partial charge >= 0.3 is 6.39 Å². The molecule has 0 saturated heterocycles. The SMILES string of the molecule is CC(C)(C)c1n[nH+]co1. The van der Waals surface area contributed by atoms with E-state index in [4.69, 9.17) is 4.42 Å². The molecule has 3 heteroatoms. The van der Waals surface area contributed by atoms with Crippen LogP contribution in [0.5, 0.6) is 0 Å². The van der Waals surface area contributed by atoms with Crippen molar-refractivity contribution in [1.82, 2.24) is 5.10 Å². The van der Waals surface area contributed by atoms with Crippen LogP contribution in [0.3, 0.4) is 0 Å². The topological polar surface area (TPSA) is 40.2 Å². The van der Waals surface area contributed by atoms with Gasteiger partial charge in [-0.2, -0.15) is 0 Å². The molecule has 1 N–H and O–H groups in total. The Morgan fingerprint density at radius 2 is 2.22 bits per heavy atom. The van der Waals surface area contributed by atoms with Crippen molar-refractivity contribution in [1.29, 1.82) is 0 Å². The summed E-state index contributed by atoms with van der Waals surface area (Å²) >= 11 is 0. The summed E-state index contributed by atoms with van der Waals surface area (Å²) in [6.45, 7) is 6.14. The zero-order chi connectivity index (χ0) is 6.91. The van der Waals surface area contributed by atoms with E-state index in [-0.39, 0.29) is 5.41 Å². The number of hydrogen-bond donors (Lipinski definition) is 0. The summed E-state index contributed by atoms with van der Waals surface area (Å²) < 4.78 is 5.03. The lowest BCUT2D eigenvalue weighted by atomic mass is 9.97. The van der Waals surface area contributed by atoms with Gasteiger partial charge in [0.05, 0.1) is 0 Å². The molecule has 1 aromatic heterocycles. The molecule has 9 heavy (non-hydrogen) atoms.